The predicted octanol–water partition coefficient (Wildman–Crippen LogP) is 2.96. The SMILES string of the molecule is O=S(=O)(/N=C(/Nc1nc2ccccc2o1)NS(=O)(=O)c1ccccc1)c1ccccc1. The van der Waals surface area contributed by atoms with Gasteiger partial charge in [0.25, 0.3) is 20.0 Å². The predicted molar refractivity (Wildman–Crippen MR) is 115 cm³/mol. The Bertz CT molecular complexity index is 1420. The third kappa shape index (κ3) is 4.73. The summed E-state index contributed by atoms with van der Waals surface area (Å²) in [5, 5.41) is 2.52. The number of fused-ring (bicyclic) bond motifs is 1. The van der Waals surface area contributed by atoms with Gasteiger partial charge in [0.15, 0.2) is 5.58 Å². The topological polar surface area (TPSA) is 131 Å². The van der Waals surface area contributed by atoms with Gasteiger partial charge in [0.05, 0.1) is 9.79 Å². The van der Waals surface area contributed by atoms with Crippen LogP contribution in [0.1, 0.15) is 0 Å². The van der Waals surface area contributed by atoms with Crippen molar-refractivity contribution in [1.82, 2.24) is 9.71 Å². The summed E-state index contributed by atoms with van der Waals surface area (Å²) in [5.41, 5.74) is 0.933. The van der Waals surface area contributed by atoms with Crippen molar-refractivity contribution in [3.63, 3.8) is 0 Å². The first-order valence-electron chi connectivity index (χ1n) is 8.94. The summed E-state index contributed by atoms with van der Waals surface area (Å²) < 4.78 is 62.2. The van der Waals surface area contributed by atoms with Crippen LogP contribution in [0.25, 0.3) is 11.1 Å². The number of sulfonamides is 2. The molecule has 1 aromatic heterocycles. The monoisotopic (exact) mass is 456 g/mol. The molecule has 0 saturated heterocycles. The maximum atomic E-state index is 12.7. The fraction of sp³-hybridized carbons (Fsp3) is 0. The summed E-state index contributed by atoms with van der Waals surface area (Å²) in [6.07, 6.45) is 0. The zero-order valence-electron chi connectivity index (χ0n) is 15.8. The minimum atomic E-state index is -4.24. The van der Waals surface area contributed by atoms with Crippen molar-refractivity contribution in [1.29, 1.82) is 0 Å². The molecule has 0 aliphatic rings. The average molecular weight is 457 g/mol. The molecular weight excluding hydrogens is 440 g/mol. The number of benzene rings is 3. The Morgan fingerprint density at radius 2 is 1.35 bits per heavy atom. The van der Waals surface area contributed by atoms with Crippen molar-refractivity contribution in [3.05, 3.63) is 84.9 Å². The Morgan fingerprint density at radius 1 is 0.774 bits per heavy atom. The fourth-order valence-electron chi connectivity index (χ4n) is 2.65. The largest absolute Gasteiger partial charge is 0.423 e. The number of aromatic nitrogens is 1. The molecule has 0 radical (unpaired) electrons. The van der Waals surface area contributed by atoms with E-state index in [1.165, 1.54) is 36.4 Å². The molecule has 0 unspecified atom stereocenters. The first-order chi connectivity index (χ1) is 14.8. The number of nitrogens with zero attached hydrogens (tertiary/aromatic N) is 2. The zero-order valence-corrected chi connectivity index (χ0v) is 17.5. The Labute approximate surface area is 178 Å². The Kier molecular flexibility index (Phi) is 5.44. The molecule has 11 heteroatoms. The molecular formula is C20H16N4O5S2. The molecule has 0 aliphatic carbocycles. The van der Waals surface area contributed by atoms with Gasteiger partial charge in [0.2, 0.25) is 5.96 Å². The Hall–Kier alpha value is -3.70. The number of guanidine groups is 1. The first-order valence-corrected chi connectivity index (χ1v) is 11.9. The highest BCUT2D eigenvalue weighted by Gasteiger charge is 2.21. The lowest BCUT2D eigenvalue weighted by Gasteiger charge is -2.11. The van der Waals surface area contributed by atoms with E-state index in [9.17, 15) is 16.8 Å². The maximum Gasteiger partial charge on any atom is 0.302 e. The second kappa shape index (κ2) is 8.20. The summed E-state index contributed by atoms with van der Waals surface area (Å²) in [6.45, 7) is 0. The molecule has 0 bridgehead atoms. The van der Waals surface area contributed by atoms with Crippen LogP contribution in [0.5, 0.6) is 0 Å². The number of rotatable bonds is 5. The van der Waals surface area contributed by atoms with Crippen LogP contribution in [-0.2, 0) is 20.0 Å². The molecule has 0 aliphatic heterocycles. The van der Waals surface area contributed by atoms with Crippen LogP contribution in [0.15, 0.2) is 104 Å². The van der Waals surface area contributed by atoms with E-state index in [0.29, 0.717) is 11.1 Å². The molecule has 0 fully saturated rings. The van der Waals surface area contributed by atoms with Crippen LogP contribution in [0.2, 0.25) is 0 Å². The van der Waals surface area contributed by atoms with E-state index in [4.69, 9.17) is 4.42 Å². The number of hydrogen-bond donors (Lipinski definition) is 2. The number of hydrogen-bond acceptors (Lipinski definition) is 6. The lowest BCUT2D eigenvalue weighted by molar-refractivity contribution is 0.592. The van der Waals surface area contributed by atoms with Crippen LogP contribution >= 0.6 is 0 Å². The molecule has 2 N–H and O–H groups in total. The van der Waals surface area contributed by atoms with Crippen molar-refractivity contribution >= 4 is 43.1 Å². The van der Waals surface area contributed by atoms with E-state index in [2.05, 4.69) is 19.4 Å². The molecule has 4 rings (SSSR count). The van der Waals surface area contributed by atoms with E-state index in [1.54, 1.807) is 48.5 Å². The minimum absolute atomic E-state index is 0.0702. The third-order valence-corrected chi connectivity index (χ3v) is 6.70. The number of oxazole rings is 1. The third-order valence-electron chi connectivity index (χ3n) is 4.06. The van der Waals surface area contributed by atoms with Gasteiger partial charge >= 0.3 is 6.01 Å². The van der Waals surface area contributed by atoms with Crippen LogP contribution in [-0.4, -0.2) is 27.8 Å². The van der Waals surface area contributed by atoms with Crippen LogP contribution < -0.4 is 10.0 Å². The maximum absolute atomic E-state index is 12.7. The smallest absolute Gasteiger partial charge is 0.302 e. The molecule has 158 valence electrons. The summed E-state index contributed by atoms with van der Waals surface area (Å²) in [5.74, 6) is -0.584. The highest BCUT2D eigenvalue weighted by atomic mass is 32.2. The van der Waals surface area contributed by atoms with Crippen molar-refractivity contribution in [2.24, 2.45) is 4.40 Å². The quantitative estimate of drug-likeness (QED) is 0.349. The van der Waals surface area contributed by atoms with Crippen LogP contribution in [0.4, 0.5) is 6.01 Å². The summed E-state index contributed by atoms with van der Waals surface area (Å²) in [7, 11) is -8.38. The van der Waals surface area contributed by atoms with E-state index in [0.717, 1.165) is 0 Å². The molecule has 0 spiro atoms. The second-order valence-electron chi connectivity index (χ2n) is 6.26. The second-order valence-corrected chi connectivity index (χ2v) is 9.54. The van der Waals surface area contributed by atoms with Gasteiger partial charge in [-0.25, -0.2) is 13.1 Å². The molecule has 0 saturated carbocycles. The van der Waals surface area contributed by atoms with Crippen molar-refractivity contribution in [2.45, 2.75) is 9.79 Å². The minimum Gasteiger partial charge on any atom is -0.423 e. The van der Waals surface area contributed by atoms with Gasteiger partial charge in [0.1, 0.15) is 5.52 Å². The highest BCUT2D eigenvalue weighted by Crippen LogP contribution is 2.19. The molecule has 31 heavy (non-hydrogen) atoms. The fourth-order valence-corrected chi connectivity index (χ4v) is 4.63. The molecule has 4 aromatic rings. The summed E-state index contributed by atoms with van der Waals surface area (Å²) in [6, 6.07) is 21.6. The van der Waals surface area contributed by atoms with E-state index in [-0.39, 0.29) is 15.8 Å². The van der Waals surface area contributed by atoms with Gasteiger partial charge in [0, 0.05) is 0 Å². The lowest BCUT2D eigenvalue weighted by atomic mass is 10.3. The Balaban J connectivity index is 1.74. The zero-order chi connectivity index (χ0) is 21.9. The molecule has 0 atom stereocenters. The van der Waals surface area contributed by atoms with Gasteiger partial charge in [-0.1, -0.05) is 48.5 Å². The van der Waals surface area contributed by atoms with E-state index >= 15 is 0 Å². The van der Waals surface area contributed by atoms with Crippen molar-refractivity contribution < 1.29 is 21.3 Å². The molecule has 1 heterocycles. The normalized spacial score (nSPS) is 12.6. The van der Waals surface area contributed by atoms with Gasteiger partial charge in [-0.3, -0.25) is 5.32 Å². The van der Waals surface area contributed by atoms with Crippen molar-refractivity contribution in [2.75, 3.05) is 5.32 Å². The summed E-state index contributed by atoms with van der Waals surface area (Å²) >= 11 is 0. The van der Waals surface area contributed by atoms with Crippen LogP contribution in [0, 0.1) is 0 Å². The Morgan fingerprint density at radius 3 is 2.00 bits per heavy atom. The van der Waals surface area contributed by atoms with Gasteiger partial charge in [-0.05, 0) is 36.4 Å². The lowest BCUT2D eigenvalue weighted by Crippen LogP contribution is -2.36. The summed E-state index contributed by atoms with van der Waals surface area (Å²) in [4.78, 5) is 3.99. The molecule has 0 amide bonds. The standard InChI is InChI=1S/C20H16N4O5S2/c25-30(26,15-9-3-1-4-10-15)23-19(24-31(27,28)16-11-5-2-6-12-16)22-20-21-17-13-7-8-14-18(17)29-20/h1-14H,(H2,21,22,23,24). The highest BCUT2D eigenvalue weighted by molar-refractivity contribution is 7.91. The van der Waals surface area contributed by atoms with E-state index in [1.807, 2.05) is 0 Å². The molecule has 9 nitrogen and oxygen atoms in total. The van der Waals surface area contributed by atoms with Gasteiger partial charge in [-0.2, -0.15) is 13.4 Å². The average Bonchev–Trinajstić information content (AvgIpc) is 3.16. The van der Waals surface area contributed by atoms with Crippen LogP contribution in [0.3, 0.4) is 0 Å². The van der Waals surface area contributed by atoms with Gasteiger partial charge in [-0.15, -0.1) is 4.40 Å². The van der Waals surface area contributed by atoms with Gasteiger partial charge < -0.3 is 4.42 Å². The van der Waals surface area contributed by atoms with E-state index < -0.39 is 26.0 Å². The number of anilines is 1. The first kappa shape index (κ1) is 20.6. The number of para-hydroxylation sites is 2. The van der Waals surface area contributed by atoms with Crippen molar-refractivity contribution in [3.8, 4) is 0 Å². The number of nitrogens with one attached hydrogen (secondary N) is 2. The molecule has 3 aromatic carbocycles.